The van der Waals surface area contributed by atoms with Crippen LogP contribution in [0.4, 0.5) is 0 Å². The molecule has 0 saturated carbocycles. The first-order chi connectivity index (χ1) is 7.27. The summed E-state index contributed by atoms with van der Waals surface area (Å²) in [7, 11) is 0. The molecule has 0 atom stereocenters. The van der Waals surface area contributed by atoms with Crippen molar-refractivity contribution in [1.82, 2.24) is 0 Å². The Morgan fingerprint density at radius 1 is 1.00 bits per heavy atom. The fraction of sp³-hybridized carbons (Fsp3) is 0.750. The van der Waals surface area contributed by atoms with Gasteiger partial charge in [-0.1, -0.05) is 25.0 Å². The number of hydrogen-bond acceptors (Lipinski definition) is 2. The number of nitrogens with two attached hydrogens (primary N) is 1. The smallest absolute Gasteiger partial charge is 0.303 e. The van der Waals surface area contributed by atoms with Crippen LogP contribution in [0.15, 0.2) is 12.2 Å². The minimum Gasteiger partial charge on any atom is -0.481 e. The Hall–Kier alpha value is -0.830. The van der Waals surface area contributed by atoms with Crippen molar-refractivity contribution in [2.24, 2.45) is 5.73 Å². The van der Waals surface area contributed by atoms with E-state index in [9.17, 15) is 4.79 Å². The topological polar surface area (TPSA) is 63.3 Å². The van der Waals surface area contributed by atoms with E-state index >= 15 is 0 Å². The van der Waals surface area contributed by atoms with E-state index in [-0.39, 0.29) is 0 Å². The molecule has 88 valence electrons. The molecule has 0 heterocycles. The highest BCUT2D eigenvalue weighted by Gasteiger charge is 1.95. The third-order valence-electron chi connectivity index (χ3n) is 2.25. The maximum Gasteiger partial charge on any atom is 0.303 e. The van der Waals surface area contributed by atoms with Gasteiger partial charge in [0, 0.05) is 6.42 Å². The van der Waals surface area contributed by atoms with Gasteiger partial charge >= 0.3 is 5.97 Å². The predicted molar refractivity (Wildman–Crippen MR) is 62.8 cm³/mol. The van der Waals surface area contributed by atoms with Crippen molar-refractivity contribution in [2.75, 3.05) is 6.54 Å². The minimum absolute atomic E-state index is 0.312. The molecule has 0 aliphatic rings. The van der Waals surface area contributed by atoms with Gasteiger partial charge in [0.2, 0.25) is 0 Å². The van der Waals surface area contributed by atoms with Crippen LogP contribution in [0.25, 0.3) is 0 Å². The van der Waals surface area contributed by atoms with Crippen LogP contribution in [0.2, 0.25) is 0 Å². The quantitative estimate of drug-likeness (QED) is 0.433. The van der Waals surface area contributed by atoms with Crippen molar-refractivity contribution in [3.8, 4) is 0 Å². The summed E-state index contributed by atoms with van der Waals surface area (Å²) >= 11 is 0. The fourth-order valence-electron chi connectivity index (χ4n) is 1.36. The average molecular weight is 213 g/mol. The van der Waals surface area contributed by atoms with Crippen molar-refractivity contribution >= 4 is 5.97 Å². The van der Waals surface area contributed by atoms with Crippen LogP contribution in [0.5, 0.6) is 0 Å². The first-order valence-electron chi connectivity index (χ1n) is 5.84. The second-order valence-corrected chi connectivity index (χ2v) is 3.75. The van der Waals surface area contributed by atoms with Gasteiger partial charge in [-0.3, -0.25) is 4.79 Å². The van der Waals surface area contributed by atoms with E-state index in [0.29, 0.717) is 6.42 Å². The Morgan fingerprint density at radius 3 is 2.20 bits per heavy atom. The van der Waals surface area contributed by atoms with Gasteiger partial charge in [-0.25, -0.2) is 0 Å². The number of carbonyl (C=O) groups is 1. The monoisotopic (exact) mass is 213 g/mol. The molecule has 3 heteroatoms. The van der Waals surface area contributed by atoms with Gasteiger partial charge in [0.25, 0.3) is 0 Å². The lowest BCUT2D eigenvalue weighted by Crippen LogP contribution is -1.96. The molecule has 0 saturated heterocycles. The lowest BCUT2D eigenvalue weighted by molar-refractivity contribution is -0.137. The maximum absolute atomic E-state index is 10.2. The number of unbranched alkanes of at least 4 members (excludes halogenated alkanes) is 5. The summed E-state index contributed by atoms with van der Waals surface area (Å²) in [6.07, 6.45) is 12.1. The molecule has 0 radical (unpaired) electrons. The van der Waals surface area contributed by atoms with Gasteiger partial charge in [0.1, 0.15) is 0 Å². The Labute approximate surface area is 92.4 Å². The van der Waals surface area contributed by atoms with Crippen LogP contribution in [0.1, 0.15) is 51.4 Å². The van der Waals surface area contributed by atoms with Gasteiger partial charge in [0.05, 0.1) is 0 Å². The Morgan fingerprint density at radius 2 is 1.60 bits per heavy atom. The Bertz CT molecular complexity index is 178. The number of hydrogen-bond donors (Lipinski definition) is 2. The summed E-state index contributed by atoms with van der Waals surface area (Å²) in [5.74, 6) is -0.684. The van der Waals surface area contributed by atoms with Gasteiger partial charge in [-0.2, -0.15) is 0 Å². The van der Waals surface area contributed by atoms with Crippen LogP contribution >= 0.6 is 0 Å². The number of carboxylic acid groups (broad SMARTS) is 1. The molecule has 0 aromatic rings. The van der Waals surface area contributed by atoms with Crippen molar-refractivity contribution in [3.63, 3.8) is 0 Å². The normalized spacial score (nSPS) is 11.0. The number of carboxylic acids is 1. The highest BCUT2D eigenvalue weighted by Crippen LogP contribution is 2.06. The summed E-state index contributed by atoms with van der Waals surface area (Å²) in [6.45, 7) is 0.763. The zero-order valence-electron chi connectivity index (χ0n) is 9.45. The fourth-order valence-corrected chi connectivity index (χ4v) is 1.36. The molecule has 0 bridgehead atoms. The van der Waals surface area contributed by atoms with Crippen LogP contribution < -0.4 is 5.73 Å². The Kier molecular flexibility index (Phi) is 10.6. The molecule has 0 rings (SSSR count). The van der Waals surface area contributed by atoms with Gasteiger partial charge in [0.15, 0.2) is 0 Å². The summed E-state index contributed by atoms with van der Waals surface area (Å²) in [4.78, 5) is 10.2. The third kappa shape index (κ3) is 13.2. The van der Waals surface area contributed by atoms with E-state index in [4.69, 9.17) is 10.8 Å². The zero-order valence-corrected chi connectivity index (χ0v) is 9.45. The third-order valence-corrected chi connectivity index (χ3v) is 2.25. The summed E-state index contributed by atoms with van der Waals surface area (Å²) in [6, 6.07) is 0. The van der Waals surface area contributed by atoms with Crippen LogP contribution in [-0.4, -0.2) is 17.6 Å². The second-order valence-electron chi connectivity index (χ2n) is 3.75. The molecule has 0 aromatic carbocycles. The van der Waals surface area contributed by atoms with E-state index in [1.54, 1.807) is 0 Å². The lowest BCUT2D eigenvalue weighted by Gasteiger charge is -1.96. The lowest BCUT2D eigenvalue weighted by atomic mass is 10.1. The summed E-state index contributed by atoms with van der Waals surface area (Å²) in [5, 5.41) is 8.42. The number of rotatable bonds is 10. The van der Waals surface area contributed by atoms with E-state index in [2.05, 4.69) is 12.2 Å². The molecular formula is C12H23NO2. The van der Waals surface area contributed by atoms with E-state index in [1.165, 1.54) is 6.42 Å². The van der Waals surface area contributed by atoms with E-state index in [0.717, 1.165) is 45.1 Å². The van der Waals surface area contributed by atoms with Crippen molar-refractivity contribution in [2.45, 2.75) is 51.4 Å². The van der Waals surface area contributed by atoms with Gasteiger partial charge in [-0.15, -0.1) is 0 Å². The number of aliphatic carboxylic acids is 1. The first-order valence-corrected chi connectivity index (χ1v) is 5.84. The molecule has 3 nitrogen and oxygen atoms in total. The molecule has 0 fully saturated rings. The maximum atomic E-state index is 10.2. The molecular weight excluding hydrogens is 190 g/mol. The molecule has 15 heavy (non-hydrogen) atoms. The van der Waals surface area contributed by atoms with Crippen molar-refractivity contribution in [1.29, 1.82) is 0 Å². The summed E-state index contributed by atoms with van der Waals surface area (Å²) in [5.41, 5.74) is 5.37. The van der Waals surface area contributed by atoms with Crippen LogP contribution in [0, 0.1) is 0 Å². The standard InChI is InChI=1S/C12H23NO2/c13-11-9-7-5-3-1-2-4-6-8-10-12(14)15/h3,5H,1-2,4,6-11,13H2,(H,14,15)/b5-3+. The van der Waals surface area contributed by atoms with Gasteiger partial charge < -0.3 is 10.8 Å². The second kappa shape index (κ2) is 11.2. The zero-order chi connectivity index (χ0) is 11.4. The van der Waals surface area contributed by atoms with Crippen molar-refractivity contribution < 1.29 is 9.90 Å². The minimum atomic E-state index is -0.684. The summed E-state index contributed by atoms with van der Waals surface area (Å²) < 4.78 is 0. The van der Waals surface area contributed by atoms with Gasteiger partial charge in [-0.05, 0) is 38.6 Å². The molecule has 0 unspecified atom stereocenters. The van der Waals surface area contributed by atoms with Crippen LogP contribution in [0.3, 0.4) is 0 Å². The highest BCUT2D eigenvalue weighted by atomic mass is 16.4. The highest BCUT2D eigenvalue weighted by molar-refractivity contribution is 5.66. The largest absolute Gasteiger partial charge is 0.481 e. The molecule has 0 aromatic heterocycles. The molecule has 0 aliphatic heterocycles. The van der Waals surface area contributed by atoms with Crippen molar-refractivity contribution in [3.05, 3.63) is 12.2 Å². The van der Waals surface area contributed by atoms with E-state index < -0.39 is 5.97 Å². The van der Waals surface area contributed by atoms with Crippen LogP contribution in [-0.2, 0) is 4.79 Å². The number of allylic oxidation sites excluding steroid dienone is 2. The molecule has 0 spiro atoms. The molecule has 3 N–H and O–H groups in total. The first kappa shape index (κ1) is 14.2. The van der Waals surface area contributed by atoms with E-state index in [1.807, 2.05) is 0 Å². The SMILES string of the molecule is NCCC/C=C/CCCCCCC(=O)O. The molecule has 0 aliphatic carbocycles. The molecule has 0 amide bonds. The average Bonchev–Trinajstić information content (AvgIpc) is 2.20. The predicted octanol–water partition coefficient (Wildman–Crippen LogP) is 2.71. The Balaban J connectivity index is 3.04.